The zero-order valence-corrected chi connectivity index (χ0v) is 14.8. The van der Waals surface area contributed by atoms with Gasteiger partial charge in [0.05, 0.1) is 18.2 Å². The molecular weight excluding hydrogens is 389 g/mol. The van der Waals surface area contributed by atoms with E-state index in [0.29, 0.717) is 15.6 Å². The second kappa shape index (κ2) is 6.30. The van der Waals surface area contributed by atoms with Crippen molar-refractivity contribution >= 4 is 27.9 Å². The zero-order chi connectivity index (χ0) is 18.2. The van der Waals surface area contributed by atoms with Gasteiger partial charge in [0, 0.05) is 10.0 Å². The Labute approximate surface area is 152 Å². The SMILES string of the molecule is CC1(c2ccc(C#N)cc2)NC(=O)N(Cc2cc(Br)ccc2F)C1=O. The summed E-state index contributed by atoms with van der Waals surface area (Å²) in [4.78, 5) is 26.1. The monoisotopic (exact) mass is 401 g/mol. The van der Waals surface area contributed by atoms with Crippen LogP contribution in [0.25, 0.3) is 0 Å². The Balaban J connectivity index is 1.91. The molecule has 1 saturated heterocycles. The third kappa shape index (κ3) is 3.01. The van der Waals surface area contributed by atoms with Crippen molar-refractivity contribution < 1.29 is 14.0 Å². The molecule has 3 amide bonds. The molecule has 2 aromatic rings. The second-order valence-corrected chi connectivity index (χ2v) is 6.79. The minimum atomic E-state index is -1.26. The van der Waals surface area contributed by atoms with E-state index in [1.807, 2.05) is 6.07 Å². The van der Waals surface area contributed by atoms with E-state index in [9.17, 15) is 14.0 Å². The Hall–Kier alpha value is -2.72. The molecule has 1 heterocycles. The van der Waals surface area contributed by atoms with Crippen molar-refractivity contribution in [3.63, 3.8) is 0 Å². The van der Waals surface area contributed by atoms with Crippen LogP contribution in [-0.4, -0.2) is 16.8 Å². The van der Waals surface area contributed by atoms with Gasteiger partial charge in [0.15, 0.2) is 0 Å². The van der Waals surface area contributed by atoms with E-state index in [0.717, 1.165) is 4.90 Å². The number of carbonyl (C=O) groups is 2. The fraction of sp³-hybridized carbons (Fsp3) is 0.167. The topological polar surface area (TPSA) is 73.2 Å². The minimum absolute atomic E-state index is 0.165. The van der Waals surface area contributed by atoms with Crippen molar-refractivity contribution in [2.24, 2.45) is 0 Å². The van der Waals surface area contributed by atoms with Gasteiger partial charge in [0.2, 0.25) is 0 Å². The average molecular weight is 402 g/mol. The van der Waals surface area contributed by atoms with Gasteiger partial charge in [0.1, 0.15) is 11.4 Å². The van der Waals surface area contributed by atoms with Gasteiger partial charge >= 0.3 is 6.03 Å². The van der Waals surface area contributed by atoms with Crippen LogP contribution in [0, 0.1) is 17.1 Å². The molecule has 1 aliphatic heterocycles. The molecule has 5 nitrogen and oxygen atoms in total. The number of hydrogen-bond donors (Lipinski definition) is 1. The van der Waals surface area contributed by atoms with Crippen molar-refractivity contribution in [2.45, 2.75) is 19.0 Å². The summed E-state index contributed by atoms with van der Waals surface area (Å²) in [6, 6.07) is 12.2. The molecule has 1 aliphatic rings. The molecule has 1 atom stereocenters. The number of hydrogen-bond acceptors (Lipinski definition) is 3. The number of benzene rings is 2. The summed E-state index contributed by atoms with van der Waals surface area (Å²) < 4.78 is 14.6. The first-order valence-corrected chi connectivity index (χ1v) is 8.23. The van der Waals surface area contributed by atoms with E-state index in [2.05, 4.69) is 21.2 Å². The van der Waals surface area contributed by atoms with Crippen LogP contribution in [0.3, 0.4) is 0 Å². The predicted molar refractivity (Wildman–Crippen MR) is 91.7 cm³/mol. The summed E-state index contributed by atoms with van der Waals surface area (Å²) in [5.74, 6) is -0.961. The lowest BCUT2D eigenvalue weighted by Gasteiger charge is -2.22. The van der Waals surface area contributed by atoms with E-state index < -0.39 is 23.3 Å². The summed E-state index contributed by atoms with van der Waals surface area (Å²) in [7, 11) is 0. The number of nitriles is 1. The predicted octanol–water partition coefficient (Wildman–Crippen LogP) is 3.43. The molecule has 7 heteroatoms. The lowest BCUT2D eigenvalue weighted by atomic mass is 9.91. The van der Waals surface area contributed by atoms with Gasteiger partial charge in [-0.1, -0.05) is 28.1 Å². The molecule has 0 spiro atoms. The first-order valence-electron chi connectivity index (χ1n) is 7.44. The van der Waals surface area contributed by atoms with Crippen LogP contribution in [0.4, 0.5) is 9.18 Å². The lowest BCUT2D eigenvalue weighted by Crippen LogP contribution is -2.40. The van der Waals surface area contributed by atoms with E-state index >= 15 is 0 Å². The number of nitrogens with one attached hydrogen (secondary N) is 1. The minimum Gasteiger partial charge on any atom is -0.319 e. The number of halogens is 2. The maximum atomic E-state index is 14.0. The Kier molecular flexibility index (Phi) is 4.31. The second-order valence-electron chi connectivity index (χ2n) is 5.87. The van der Waals surface area contributed by atoms with E-state index in [1.54, 1.807) is 37.3 Å². The fourth-order valence-corrected chi connectivity index (χ4v) is 3.16. The molecule has 3 rings (SSSR count). The van der Waals surface area contributed by atoms with Crippen molar-refractivity contribution in [3.05, 3.63) is 69.4 Å². The van der Waals surface area contributed by atoms with Crippen LogP contribution < -0.4 is 5.32 Å². The molecule has 126 valence electrons. The lowest BCUT2D eigenvalue weighted by molar-refractivity contribution is -0.131. The number of nitrogens with zero attached hydrogens (tertiary/aromatic N) is 2. The summed E-state index contributed by atoms with van der Waals surface area (Å²) in [6.07, 6.45) is 0. The largest absolute Gasteiger partial charge is 0.325 e. The Morgan fingerprint density at radius 2 is 1.92 bits per heavy atom. The highest BCUT2D eigenvalue weighted by Crippen LogP contribution is 2.30. The highest BCUT2D eigenvalue weighted by molar-refractivity contribution is 9.10. The highest BCUT2D eigenvalue weighted by Gasteiger charge is 2.49. The van der Waals surface area contributed by atoms with Gasteiger partial charge < -0.3 is 5.32 Å². The average Bonchev–Trinajstić information content (AvgIpc) is 2.82. The van der Waals surface area contributed by atoms with Crippen molar-refractivity contribution in [3.8, 4) is 6.07 Å². The quantitative estimate of drug-likeness (QED) is 0.800. The molecule has 25 heavy (non-hydrogen) atoms. The Bertz CT molecular complexity index is 908. The van der Waals surface area contributed by atoms with E-state index in [4.69, 9.17) is 5.26 Å². The number of urea groups is 1. The summed E-state index contributed by atoms with van der Waals surface area (Å²) >= 11 is 3.25. The molecule has 1 N–H and O–H groups in total. The molecule has 1 unspecified atom stereocenters. The normalized spacial score (nSPS) is 19.7. The molecule has 0 radical (unpaired) electrons. The molecule has 0 aliphatic carbocycles. The molecule has 1 fully saturated rings. The summed E-state index contributed by atoms with van der Waals surface area (Å²) in [6.45, 7) is 1.42. The van der Waals surface area contributed by atoms with Gasteiger partial charge in [-0.3, -0.25) is 9.69 Å². The Morgan fingerprint density at radius 3 is 2.56 bits per heavy atom. The fourth-order valence-electron chi connectivity index (χ4n) is 2.75. The summed E-state index contributed by atoms with van der Waals surface area (Å²) in [5, 5.41) is 11.5. The van der Waals surface area contributed by atoms with Gasteiger partial charge in [-0.2, -0.15) is 5.26 Å². The number of carbonyl (C=O) groups excluding carboxylic acids is 2. The van der Waals surface area contributed by atoms with Crippen LogP contribution in [0.2, 0.25) is 0 Å². The zero-order valence-electron chi connectivity index (χ0n) is 13.2. The van der Waals surface area contributed by atoms with Crippen LogP contribution >= 0.6 is 15.9 Å². The molecule has 0 bridgehead atoms. The van der Waals surface area contributed by atoms with Crippen molar-refractivity contribution in [2.75, 3.05) is 0 Å². The van der Waals surface area contributed by atoms with Crippen LogP contribution in [0.15, 0.2) is 46.9 Å². The highest BCUT2D eigenvalue weighted by atomic mass is 79.9. The van der Waals surface area contributed by atoms with Gasteiger partial charge in [-0.25, -0.2) is 9.18 Å². The molecule has 0 aromatic heterocycles. The van der Waals surface area contributed by atoms with Crippen LogP contribution in [0.5, 0.6) is 0 Å². The maximum absolute atomic E-state index is 14.0. The Morgan fingerprint density at radius 1 is 1.24 bits per heavy atom. The van der Waals surface area contributed by atoms with Crippen LogP contribution in [0.1, 0.15) is 23.6 Å². The summed E-state index contributed by atoms with van der Waals surface area (Å²) in [5.41, 5.74) is -0.00528. The standard InChI is InChI=1S/C18H13BrFN3O2/c1-18(13-4-2-11(9-21)3-5-13)16(24)23(17(25)22-18)10-12-8-14(19)6-7-15(12)20/h2-8H,10H2,1H3,(H,22,25). The van der Waals surface area contributed by atoms with Gasteiger partial charge in [-0.15, -0.1) is 0 Å². The van der Waals surface area contributed by atoms with Gasteiger partial charge in [-0.05, 0) is 42.8 Å². The van der Waals surface area contributed by atoms with Crippen LogP contribution in [-0.2, 0) is 16.9 Å². The third-order valence-electron chi connectivity index (χ3n) is 4.20. The molecular formula is C18H13BrFN3O2. The first-order chi connectivity index (χ1) is 11.8. The number of amides is 3. The molecule has 2 aromatic carbocycles. The first kappa shape index (κ1) is 17.1. The molecule has 0 saturated carbocycles. The smallest absolute Gasteiger partial charge is 0.319 e. The van der Waals surface area contributed by atoms with Gasteiger partial charge in [0.25, 0.3) is 5.91 Å². The number of imide groups is 1. The third-order valence-corrected chi connectivity index (χ3v) is 4.70. The number of rotatable bonds is 3. The van der Waals surface area contributed by atoms with E-state index in [1.165, 1.54) is 12.1 Å². The van der Waals surface area contributed by atoms with E-state index in [-0.39, 0.29) is 12.1 Å². The van der Waals surface area contributed by atoms with Crippen molar-refractivity contribution in [1.82, 2.24) is 10.2 Å². The van der Waals surface area contributed by atoms with Crippen molar-refractivity contribution in [1.29, 1.82) is 5.26 Å². The maximum Gasteiger partial charge on any atom is 0.325 e.